The van der Waals surface area contributed by atoms with E-state index in [0.717, 1.165) is 16.3 Å². The van der Waals surface area contributed by atoms with Crippen molar-refractivity contribution >= 4 is 22.8 Å². The molecule has 0 fully saturated rings. The van der Waals surface area contributed by atoms with Gasteiger partial charge in [-0.2, -0.15) is 0 Å². The van der Waals surface area contributed by atoms with Crippen molar-refractivity contribution in [1.29, 1.82) is 0 Å². The van der Waals surface area contributed by atoms with E-state index in [1.54, 1.807) is 18.5 Å². The molecule has 0 spiro atoms. The summed E-state index contributed by atoms with van der Waals surface area (Å²) in [5, 5.41) is 13.9. The molecule has 6 nitrogen and oxygen atoms in total. The molecular weight excluding hydrogens is 252 g/mol. The Hall–Kier alpha value is -2.02. The number of aromatic nitrogens is 2. The van der Waals surface area contributed by atoms with Crippen molar-refractivity contribution in [2.24, 2.45) is 0 Å². The number of nitrogens with one attached hydrogen (secondary N) is 1. The molecule has 18 heavy (non-hydrogen) atoms. The molecule has 94 valence electrons. The van der Waals surface area contributed by atoms with E-state index in [0.29, 0.717) is 12.4 Å². The van der Waals surface area contributed by atoms with Gasteiger partial charge in [-0.15, -0.1) is 11.3 Å². The van der Waals surface area contributed by atoms with Crippen LogP contribution >= 0.6 is 11.3 Å². The van der Waals surface area contributed by atoms with E-state index >= 15 is 0 Å². The second kappa shape index (κ2) is 5.09. The van der Waals surface area contributed by atoms with Gasteiger partial charge in [0, 0.05) is 16.6 Å². The highest BCUT2D eigenvalue weighted by Crippen LogP contribution is 2.23. The van der Waals surface area contributed by atoms with Crippen LogP contribution in [0.2, 0.25) is 0 Å². The molecule has 1 N–H and O–H groups in total. The van der Waals surface area contributed by atoms with Crippen LogP contribution < -0.4 is 5.32 Å². The van der Waals surface area contributed by atoms with Gasteiger partial charge in [-0.05, 0) is 19.9 Å². The highest BCUT2D eigenvalue weighted by molar-refractivity contribution is 7.09. The van der Waals surface area contributed by atoms with Gasteiger partial charge in [-0.1, -0.05) is 0 Å². The van der Waals surface area contributed by atoms with E-state index in [9.17, 15) is 10.1 Å². The Kier molecular flexibility index (Phi) is 3.52. The Labute approximate surface area is 108 Å². The number of nitrogens with zero attached hydrogens (tertiary/aromatic N) is 3. The first-order chi connectivity index (χ1) is 8.58. The molecule has 7 heteroatoms. The van der Waals surface area contributed by atoms with Crippen molar-refractivity contribution < 1.29 is 4.92 Å². The smallest absolute Gasteiger partial charge is 0.311 e. The summed E-state index contributed by atoms with van der Waals surface area (Å²) in [6, 6.07) is 3.09. The third kappa shape index (κ3) is 2.62. The second-order valence-electron chi connectivity index (χ2n) is 3.79. The first-order valence-electron chi connectivity index (χ1n) is 5.33. The molecule has 2 aromatic rings. The van der Waals surface area contributed by atoms with Crippen LogP contribution in [0.5, 0.6) is 0 Å². The number of thiazole rings is 1. The molecule has 0 unspecified atom stereocenters. The number of hydrogen-bond donors (Lipinski definition) is 1. The molecule has 0 aliphatic heterocycles. The Bertz CT molecular complexity index is 582. The molecule has 0 atom stereocenters. The summed E-state index contributed by atoms with van der Waals surface area (Å²) in [5.41, 5.74) is 3.42. The molecule has 2 rings (SSSR count). The molecule has 2 heterocycles. The predicted molar refractivity (Wildman–Crippen MR) is 69.8 cm³/mol. The number of rotatable bonds is 4. The van der Waals surface area contributed by atoms with Crippen LogP contribution in [0.3, 0.4) is 0 Å². The molecule has 0 radical (unpaired) electrons. The first-order valence-corrected chi connectivity index (χ1v) is 6.21. The van der Waals surface area contributed by atoms with Crippen LogP contribution in [0.25, 0.3) is 0 Å². The van der Waals surface area contributed by atoms with Crippen LogP contribution in [0, 0.1) is 24.0 Å². The summed E-state index contributed by atoms with van der Waals surface area (Å²) in [6.45, 7) is 4.20. The lowest BCUT2D eigenvalue weighted by molar-refractivity contribution is -0.384. The zero-order valence-corrected chi connectivity index (χ0v) is 10.8. The standard InChI is InChI=1S/C11H12N4O2S/c1-7-3-4-9(15(16)17)11(14-7)12-5-10-8(2)13-6-18-10/h3-4,6H,5H2,1-2H3,(H,12,14). The fraction of sp³-hybridized carbons (Fsp3) is 0.273. The summed E-state index contributed by atoms with van der Waals surface area (Å²) in [6.07, 6.45) is 0. The summed E-state index contributed by atoms with van der Waals surface area (Å²) < 4.78 is 0. The molecule has 0 saturated heterocycles. The van der Waals surface area contributed by atoms with Gasteiger partial charge in [0.15, 0.2) is 0 Å². The van der Waals surface area contributed by atoms with Gasteiger partial charge >= 0.3 is 5.69 Å². The molecule has 2 aromatic heterocycles. The average Bonchev–Trinajstić information content (AvgIpc) is 2.72. The van der Waals surface area contributed by atoms with E-state index < -0.39 is 4.92 Å². The van der Waals surface area contributed by atoms with Crippen LogP contribution in [0.1, 0.15) is 16.3 Å². The highest BCUT2D eigenvalue weighted by atomic mass is 32.1. The van der Waals surface area contributed by atoms with Gasteiger partial charge in [0.1, 0.15) is 0 Å². The number of pyridine rings is 1. The fourth-order valence-corrected chi connectivity index (χ4v) is 2.20. The topological polar surface area (TPSA) is 81.0 Å². The zero-order valence-electron chi connectivity index (χ0n) is 10.0. The lowest BCUT2D eigenvalue weighted by Crippen LogP contribution is -2.05. The molecular formula is C11H12N4O2S. The predicted octanol–water partition coefficient (Wildman–Crippen LogP) is 2.68. The highest BCUT2D eigenvalue weighted by Gasteiger charge is 2.15. The lowest BCUT2D eigenvalue weighted by Gasteiger charge is -2.06. The minimum atomic E-state index is -0.436. The van der Waals surface area contributed by atoms with Crippen molar-refractivity contribution in [3.05, 3.63) is 44.0 Å². The molecule has 0 amide bonds. The van der Waals surface area contributed by atoms with Gasteiger partial charge in [0.2, 0.25) is 5.82 Å². The number of anilines is 1. The van der Waals surface area contributed by atoms with Crippen molar-refractivity contribution in [1.82, 2.24) is 9.97 Å². The van der Waals surface area contributed by atoms with Crippen molar-refractivity contribution in [3.8, 4) is 0 Å². The van der Waals surface area contributed by atoms with E-state index in [1.165, 1.54) is 17.4 Å². The van der Waals surface area contributed by atoms with Gasteiger partial charge in [0.05, 0.1) is 22.7 Å². The minimum Gasteiger partial charge on any atom is -0.359 e. The summed E-state index contributed by atoms with van der Waals surface area (Å²) in [4.78, 5) is 19.8. The van der Waals surface area contributed by atoms with Crippen LogP contribution in [0.4, 0.5) is 11.5 Å². The Morgan fingerprint density at radius 3 is 2.83 bits per heavy atom. The maximum atomic E-state index is 10.9. The second-order valence-corrected chi connectivity index (χ2v) is 4.73. The van der Waals surface area contributed by atoms with Gasteiger partial charge in [0.25, 0.3) is 0 Å². The summed E-state index contributed by atoms with van der Waals surface area (Å²) >= 11 is 1.52. The minimum absolute atomic E-state index is 0.0113. The number of aryl methyl sites for hydroxylation is 2. The Morgan fingerprint density at radius 1 is 1.44 bits per heavy atom. The monoisotopic (exact) mass is 264 g/mol. The van der Waals surface area contributed by atoms with E-state index in [4.69, 9.17) is 0 Å². The molecule has 0 saturated carbocycles. The van der Waals surface area contributed by atoms with Crippen molar-refractivity contribution in [3.63, 3.8) is 0 Å². The third-order valence-corrected chi connectivity index (χ3v) is 3.41. The maximum absolute atomic E-state index is 10.9. The average molecular weight is 264 g/mol. The van der Waals surface area contributed by atoms with Gasteiger partial charge in [-0.25, -0.2) is 9.97 Å². The lowest BCUT2D eigenvalue weighted by atomic mass is 10.3. The SMILES string of the molecule is Cc1ccc([N+](=O)[O-])c(NCc2scnc2C)n1. The van der Waals surface area contributed by atoms with Gasteiger partial charge in [-0.3, -0.25) is 10.1 Å². The number of nitro groups is 1. The molecule has 0 aliphatic carbocycles. The summed E-state index contributed by atoms with van der Waals surface area (Å²) in [7, 11) is 0. The van der Waals surface area contributed by atoms with Crippen LogP contribution in [-0.2, 0) is 6.54 Å². The molecule has 0 aliphatic rings. The quantitative estimate of drug-likeness (QED) is 0.678. The first kappa shape index (κ1) is 12.4. The Morgan fingerprint density at radius 2 is 2.22 bits per heavy atom. The maximum Gasteiger partial charge on any atom is 0.311 e. The summed E-state index contributed by atoms with van der Waals surface area (Å²) in [5.74, 6) is 0.299. The Balaban J connectivity index is 2.20. The fourth-order valence-electron chi connectivity index (χ4n) is 1.49. The van der Waals surface area contributed by atoms with E-state index in [2.05, 4.69) is 15.3 Å². The molecule has 0 aromatic carbocycles. The largest absolute Gasteiger partial charge is 0.359 e. The van der Waals surface area contributed by atoms with E-state index in [1.807, 2.05) is 6.92 Å². The van der Waals surface area contributed by atoms with Crippen LogP contribution in [-0.4, -0.2) is 14.9 Å². The van der Waals surface area contributed by atoms with E-state index in [-0.39, 0.29) is 5.69 Å². The van der Waals surface area contributed by atoms with Crippen LogP contribution in [0.15, 0.2) is 17.6 Å². The van der Waals surface area contributed by atoms with Crippen molar-refractivity contribution in [2.75, 3.05) is 5.32 Å². The third-order valence-electron chi connectivity index (χ3n) is 2.47. The zero-order chi connectivity index (χ0) is 13.1. The molecule has 0 bridgehead atoms. The van der Waals surface area contributed by atoms with Crippen molar-refractivity contribution in [2.45, 2.75) is 20.4 Å². The van der Waals surface area contributed by atoms with Gasteiger partial charge < -0.3 is 5.32 Å². The normalized spacial score (nSPS) is 10.3. The number of hydrogen-bond acceptors (Lipinski definition) is 6.